The van der Waals surface area contributed by atoms with E-state index in [4.69, 9.17) is 24.3 Å². The van der Waals surface area contributed by atoms with Gasteiger partial charge in [-0.05, 0) is 52.2 Å². The molecular weight excluding hydrogens is 543 g/mol. The van der Waals surface area contributed by atoms with Crippen LogP contribution >= 0.6 is 7.75 Å². The van der Waals surface area contributed by atoms with Crippen LogP contribution in [0.15, 0.2) is 48.8 Å². The van der Waals surface area contributed by atoms with Crippen molar-refractivity contribution in [2.24, 2.45) is 0 Å². The van der Waals surface area contributed by atoms with Gasteiger partial charge in [-0.3, -0.25) is 9.32 Å². The third-order valence-electron chi connectivity index (χ3n) is 6.44. The topological polar surface area (TPSA) is 183 Å². The number of nitrogens with zero attached hydrogens (tertiary/aromatic N) is 4. The highest BCUT2D eigenvalue weighted by molar-refractivity contribution is 7.52. The fourth-order valence-electron chi connectivity index (χ4n) is 4.17. The average molecular weight is 579 g/mol. The predicted octanol–water partition coefficient (Wildman–Crippen LogP) is 1.15. The summed E-state index contributed by atoms with van der Waals surface area (Å²) in [6.07, 6.45) is -2.58. The number of carbonyl (C=O) groups excluding carboxylic acids is 1. The highest BCUT2D eigenvalue weighted by atomic mass is 31.2. The zero-order valence-corrected chi connectivity index (χ0v) is 23.6. The lowest BCUT2D eigenvalue weighted by Gasteiger charge is -2.30. The second-order valence-corrected chi connectivity index (χ2v) is 11.7. The van der Waals surface area contributed by atoms with Gasteiger partial charge < -0.3 is 34.8 Å². The van der Waals surface area contributed by atoms with Gasteiger partial charge in [0.05, 0.1) is 12.3 Å². The minimum Gasteiger partial charge on any atom is -0.463 e. The molecule has 218 valence electrons. The van der Waals surface area contributed by atoms with Gasteiger partial charge in [-0.25, -0.2) is 14.1 Å². The zero-order chi connectivity index (χ0) is 29.1. The molecule has 0 aliphatic carbocycles. The van der Waals surface area contributed by atoms with Crippen LogP contribution in [0.5, 0.6) is 5.75 Å². The molecule has 1 saturated heterocycles. The Hall–Kier alpha value is -3.10. The van der Waals surface area contributed by atoms with Crippen molar-refractivity contribution in [1.29, 1.82) is 0 Å². The number of fused-ring (bicyclic) bond motifs is 1. The SMILES string of the molecule is C[C@H](NP(=O)(OC[C@@]1(C)O[C@@H](c2ccc3c(N)ncnn23)[C@H](O)[C@@H]1O)Oc1ccccc1)C(=O)OCCN(C)C. The number of nitrogens with one attached hydrogen (secondary N) is 1. The first kappa shape index (κ1) is 29.9. The molecule has 1 fully saturated rings. The van der Waals surface area contributed by atoms with Gasteiger partial charge in [0, 0.05) is 6.54 Å². The van der Waals surface area contributed by atoms with E-state index in [9.17, 15) is 19.6 Å². The Morgan fingerprint density at radius 1 is 1.27 bits per heavy atom. The van der Waals surface area contributed by atoms with Crippen molar-refractivity contribution < 1.29 is 38.1 Å². The molecule has 1 aliphatic rings. The summed E-state index contributed by atoms with van der Waals surface area (Å²) in [6, 6.07) is 10.5. The molecule has 3 heterocycles. The minimum atomic E-state index is -4.25. The first-order valence-corrected chi connectivity index (χ1v) is 14.2. The maximum Gasteiger partial charge on any atom is 0.459 e. The number of aromatic nitrogens is 3. The summed E-state index contributed by atoms with van der Waals surface area (Å²) in [4.78, 5) is 18.3. The number of nitrogen functional groups attached to an aromatic ring is 1. The van der Waals surface area contributed by atoms with Crippen LogP contribution in [0, 0.1) is 0 Å². The number of hydrogen-bond donors (Lipinski definition) is 4. The van der Waals surface area contributed by atoms with Crippen LogP contribution in [-0.4, -0.2) is 93.4 Å². The Labute approximate surface area is 231 Å². The number of aliphatic hydroxyl groups is 2. The molecule has 40 heavy (non-hydrogen) atoms. The summed E-state index contributed by atoms with van der Waals surface area (Å²) in [5.41, 5.74) is 5.31. The number of anilines is 1. The zero-order valence-electron chi connectivity index (χ0n) is 22.7. The molecule has 2 aromatic heterocycles. The standard InChI is InChI=1S/C25H35N6O8P/c1-16(24(34)36-13-12-30(3)4)29-40(35,39-17-8-6-5-7-9-17)37-14-25(2)22(33)20(32)21(38-25)18-10-11-19-23(26)27-15-28-31(18)19/h5-11,15-16,20-22,32-33H,12-14H2,1-4H3,(H,29,35)(H2,26,27,28)/t16-,20-,21-,22-,25+,40?/m0/s1. The molecule has 1 aromatic carbocycles. The Kier molecular flexibility index (Phi) is 9.10. The van der Waals surface area contributed by atoms with Crippen molar-refractivity contribution in [3.63, 3.8) is 0 Å². The Bertz CT molecular complexity index is 1360. The minimum absolute atomic E-state index is 0.144. The summed E-state index contributed by atoms with van der Waals surface area (Å²) in [7, 11) is -0.561. The maximum atomic E-state index is 13.9. The second kappa shape index (κ2) is 12.2. The average Bonchev–Trinajstić information content (AvgIpc) is 3.44. The molecular formula is C25H35N6O8P. The van der Waals surface area contributed by atoms with Crippen molar-refractivity contribution in [3.8, 4) is 5.75 Å². The van der Waals surface area contributed by atoms with Crippen molar-refractivity contribution in [2.75, 3.05) is 39.6 Å². The van der Waals surface area contributed by atoms with Crippen LogP contribution in [-0.2, 0) is 23.4 Å². The van der Waals surface area contributed by atoms with Crippen molar-refractivity contribution in [1.82, 2.24) is 24.6 Å². The molecule has 14 nitrogen and oxygen atoms in total. The number of rotatable bonds is 12. The van der Waals surface area contributed by atoms with Gasteiger partial charge in [-0.1, -0.05) is 18.2 Å². The quantitative estimate of drug-likeness (QED) is 0.177. The first-order valence-electron chi connectivity index (χ1n) is 12.6. The third-order valence-corrected chi connectivity index (χ3v) is 8.06. The molecule has 6 atom stereocenters. The van der Waals surface area contributed by atoms with E-state index in [-0.39, 0.29) is 18.2 Å². The number of ether oxygens (including phenoxy) is 2. The summed E-state index contributed by atoms with van der Waals surface area (Å²) < 4.78 is 38.1. The van der Waals surface area contributed by atoms with Crippen LogP contribution in [0.1, 0.15) is 25.6 Å². The van der Waals surface area contributed by atoms with Crippen LogP contribution in [0.25, 0.3) is 5.52 Å². The van der Waals surface area contributed by atoms with Crippen LogP contribution in [0.4, 0.5) is 5.82 Å². The molecule has 1 aliphatic heterocycles. The highest BCUT2D eigenvalue weighted by Crippen LogP contribution is 2.48. The van der Waals surface area contributed by atoms with E-state index in [1.54, 1.807) is 42.5 Å². The van der Waals surface area contributed by atoms with Gasteiger partial charge in [0.2, 0.25) is 0 Å². The number of nitrogens with two attached hydrogens (primary N) is 1. The van der Waals surface area contributed by atoms with E-state index in [0.717, 1.165) is 0 Å². The van der Waals surface area contributed by atoms with E-state index in [0.29, 0.717) is 17.8 Å². The molecule has 0 bridgehead atoms. The molecule has 15 heteroatoms. The van der Waals surface area contributed by atoms with Gasteiger partial charge >= 0.3 is 13.7 Å². The van der Waals surface area contributed by atoms with Crippen LogP contribution in [0.3, 0.4) is 0 Å². The molecule has 5 N–H and O–H groups in total. The molecule has 0 amide bonds. The number of esters is 1. The number of aliphatic hydroxyl groups excluding tert-OH is 2. The van der Waals surface area contributed by atoms with Gasteiger partial charge in [0.1, 0.15) is 54.2 Å². The smallest absolute Gasteiger partial charge is 0.459 e. The molecule has 0 spiro atoms. The maximum absolute atomic E-state index is 13.9. The molecule has 4 rings (SSSR count). The summed E-state index contributed by atoms with van der Waals surface area (Å²) in [5.74, 6) is -0.193. The van der Waals surface area contributed by atoms with Gasteiger partial charge in [0.25, 0.3) is 0 Å². The third kappa shape index (κ3) is 6.61. The molecule has 3 aromatic rings. The lowest BCUT2D eigenvalue weighted by atomic mass is 9.97. The predicted molar refractivity (Wildman–Crippen MR) is 144 cm³/mol. The van der Waals surface area contributed by atoms with Gasteiger partial charge in [0.15, 0.2) is 5.82 Å². The molecule has 0 saturated carbocycles. The summed E-state index contributed by atoms with van der Waals surface area (Å²) >= 11 is 0. The first-order chi connectivity index (χ1) is 18.9. The van der Waals surface area contributed by atoms with E-state index in [1.807, 2.05) is 19.0 Å². The van der Waals surface area contributed by atoms with Crippen molar-refractivity contribution in [3.05, 3.63) is 54.5 Å². The number of para-hydroxylation sites is 1. The van der Waals surface area contributed by atoms with E-state index in [1.165, 1.54) is 24.7 Å². The van der Waals surface area contributed by atoms with Gasteiger partial charge in [-0.15, -0.1) is 0 Å². The lowest BCUT2D eigenvalue weighted by molar-refractivity contribution is -0.145. The number of hydrogen-bond acceptors (Lipinski definition) is 12. The van der Waals surface area contributed by atoms with Gasteiger partial charge in [-0.2, -0.15) is 10.2 Å². The number of carbonyl (C=O) groups is 1. The van der Waals surface area contributed by atoms with Crippen molar-refractivity contribution in [2.45, 2.75) is 43.8 Å². The lowest BCUT2D eigenvalue weighted by Crippen LogP contribution is -2.45. The fraction of sp³-hybridized carbons (Fsp3) is 0.480. The molecule has 0 radical (unpaired) electrons. The second-order valence-electron chi connectivity index (χ2n) is 9.98. The number of benzene rings is 1. The normalized spacial score (nSPS) is 25.1. The van der Waals surface area contributed by atoms with Crippen LogP contribution in [0.2, 0.25) is 0 Å². The van der Waals surface area contributed by atoms with E-state index in [2.05, 4.69) is 15.2 Å². The Morgan fingerprint density at radius 2 is 2.00 bits per heavy atom. The molecule has 1 unspecified atom stereocenters. The fourth-order valence-corrected chi connectivity index (χ4v) is 5.75. The highest BCUT2D eigenvalue weighted by Gasteiger charge is 2.54. The summed E-state index contributed by atoms with van der Waals surface area (Å²) in [5, 5.41) is 28.6. The van der Waals surface area contributed by atoms with E-state index >= 15 is 0 Å². The summed E-state index contributed by atoms with van der Waals surface area (Å²) in [6.45, 7) is 3.16. The van der Waals surface area contributed by atoms with Crippen LogP contribution < -0.4 is 15.3 Å². The monoisotopic (exact) mass is 578 g/mol. The Balaban J connectivity index is 1.51. The van der Waals surface area contributed by atoms with Crippen molar-refractivity contribution >= 4 is 25.1 Å². The van der Waals surface area contributed by atoms with E-state index < -0.39 is 50.3 Å². The largest absolute Gasteiger partial charge is 0.463 e. The Morgan fingerprint density at radius 3 is 2.70 bits per heavy atom. The number of likely N-dealkylation sites (N-methyl/N-ethyl adjacent to an activating group) is 1.